The van der Waals surface area contributed by atoms with Crippen LogP contribution in [0, 0.1) is 6.92 Å². The van der Waals surface area contributed by atoms with Gasteiger partial charge >= 0.3 is 0 Å². The van der Waals surface area contributed by atoms with Crippen LogP contribution in [0.3, 0.4) is 0 Å². The van der Waals surface area contributed by atoms with E-state index in [2.05, 4.69) is 26.5 Å². The van der Waals surface area contributed by atoms with Crippen molar-refractivity contribution in [3.8, 4) is 16.9 Å². The van der Waals surface area contributed by atoms with Gasteiger partial charge in [0, 0.05) is 15.1 Å². The number of aromatic nitrogens is 3. The minimum absolute atomic E-state index is 0.350. The van der Waals surface area contributed by atoms with Gasteiger partial charge in [-0.2, -0.15) is 10.2 Å². The molecule has 5 rings (SSSR count). The summed E-state index contributed by atoms with van der Waals surface area (Å²) < 4.78 is 2.73. The minimum Gasteiger partial charge on any atom is -0.267 e. The molecule has 1 N–H and O–H groups in total. The molecular formula is C27H19BrClN5O. The molecule has 0 fully saturated rings. The van der Waals surface area contributed by atoms with E-state index in [1.165, 1.54) is 0 Å². The number of nitrogens with zero attached hydrogens (tertiary/aromatic N) is 4. The van der Waals surface area contributed by atoms with Gasteiger partial charge in [0.1, 0.15) is 0 Å². The molecule has 172 valence electrons. The second kappa shape index (κ2) is 9.82. The Morgan fingerprint density at radius 1 is 1.03 bits per heavy atom. The van der Waals surface area contributed by atoms with Crippen LogP contribution in [0.1, 0.15) is 21.6 Å². The number of para-hydroxylation sites is 1. The summed E-state index contributed by atoms with van der Waals surface area (Å²) in [6.45, 7) is 1.87. The molecule has 1 amide bonds. The number of carbonyl (C=O) groups is 1. The zero-order valence-corrected chi connectivity index (χ0v) is 21.0. The lowest BCUT2D eigenvalue weighted by molar-refractivity contribution is 0.0956. The highest BCUT2D eigenvalue weighted by atomic mass is 79.9. The molecule has 5 aromatic rings. The first kappa shape index (κ1) is 23.0. The van der Waals surface area contributed by atoms with E-state index in [-0.39, 0.29) is 5.91 Å². The average molecular weight is 545 g/mol. The maximum Gasteiger partial charge on any atom is 0.272 e. The fourth-order valence-electron chi connectivity index (χ4n) is 3.76. The number of nitrogens with one attached hydrogen (secondary N) is 1. The molecular weight excluding hydrogens is 526 g/mol. The Kier molecular flexibility index (Phi) is 6.44. The Labute approximate surface area is 215 Å². The second-order valence-corrected chi connectivity index (χ2v) is 9.20. The van der Waals surface area contributed by atoms with E-state index < -0.39 is 0 Å². The number of hydrogen-bond donors (Lipinski definition) is 1. The number of benzene rings is 3. The molecule has 0 aliphatic heterocycles. The van der Waals surface area contributed by atoms with E-state index in [0.29, 0.717) is 33.0 Å². The quantitative estimate of drug-likeness (QED) is 0.201. The van der Waals surface area contributed by atoms with Gasteiger partial charge in [-0.1, -0.05) is 70.0 Å². The SMILES string of the molecule is Cc1nn(-c2ccccc2)c2nc(-c3ccc(Cl)cc3)cc(C(=O)NN=Cc3ccc(Br)cc3)c12. The molecule has 0 spiro atoms. The van der Waals surface area contributed by atoms with Gasteiger partial charge in [-0.3, -0.25) is 4.79 Å². The summed E-state index contributed by atoms with van der Waals surface area (Å²) in [5.74, 6) is -0.350. The van der Waals surface area contributed by atoms with E-state index in [9.17, 15) is 4.79 Å². The molecule has 2 heterocycles. The van der Waals surface area contributed by atoms with E-state index in [1.54, 1.807) is 29.1 Å². The lowest BCUT2D eigenvalue weighted by Gasteiger charge is -2.09. The molecule has 2 aromatic heterocycles. The van der Waals surface area contributed by atoms with Crippen molar-refractivity contribution in [1.82, 2.24) is 20.2 Å². The highest BCUT2D eigenvalue weighted by Gasteiger charge is 2.21. The van der Waals surface area contributed by atoms with Crippen LogP contribution < -0.4 is 5.43 Å². The molecule has 0 radical (unpaired) electrons. The standard InChI is InChI=1S/C27H19BrClN5O/c1-17-25-23(27(35)32-30-16-18-7-11-20(28)12-8-18)15-24(19-9-13-21(29)14-10-19)31-26(25)34(33-17)22-5-3-2-4-6-22/h2-16H,1H3,(H,32,35). The Bertz CT molecular complexity index is 1550. The highest BCUT2D eigenvalue weighted by molar-refractivity contribution is 9.10. The van der Waals surface area contributed by atoms with Crippen molar-refractivity contribution < 1.29 is 4.79 Å². The molecule has 0 aliphatic carbocycles. The molecule has 0 atom stereocenters. The lowest BCUT2D eigenvalue weighted by atomic mass is 10.1. The van der Waals surface area contributed by atoms with Crippen LogP contribution in [-0.2, 0) is 0 Å². The Hall–Kier alpha value is -3.81. The molecule has 35 heavy (non-hydrogen) atoms. The first-order chi connectivity index (χ1) is 17.0. The third kappa shape index (κ3) is 4.87. The number of pyridine rings is 1. The van der Waals surface area contributed by atoms with Crippen LogP contribution in [-0.4, -0.2) is 26.9 Å². The van der Waals surface area contributed by atoms with Gasteiger partial charge in [-0.05, 0) is 55.0 Å². The summed E-state index contributed by atoms with van der Waals surface area (Å²) >= 11 is 9.49. The van der Waals surface area contributed by atoms with Crippen LogP contribution >= 0.6 is 27.5 Å². The van der Waals surface area contributed by atoms with Gasteiger partial charge in [0.15, 0.2) is 5.65 Å². The fourth-order valence-corrected chi connectivity index (χ4v) is 4.15. The van der Waals surface area contributed by atoms with Crippen LogP contribution in [0.4, 0.5) is 0 Å². The predicted molar refractivity (Wildman–Crippen MR) is 143 cm³/mol. The third-order valence-electron chi connectivity index (χ3n) is 5.45. The summed E-state index contributed by atoms with van der Waals surface area (Å²) in [5, 5.41) is 10.2. The summed E-state index contributed by atoms with van der Waals surface area (Å²) in [6, 6.07) is 26.4. The normalized spacial score (nSPS) is 11.3. The number of fused-ring (bicyclic) bond motifs is 1. The van der Waals surface area contributed by atoms with Gasteiger partial charge in [0.2, 0.25) is 0 Å². The summed E-state index contributed by atoms with van der Waals surface area (Å²) in [5.41, 5.74) is 7.56. The lowest BCUT2D eigenvalue weighted by Crippen LogP contribution is -2.18. The topological polar surface area (TPSA) is 72.2 Å². The van der Waals surface area contributed by atoms with E-state index in [4.69, 9.17) is 21.7 Å². The molecule has 3 aromatic carbocycles. The van der Waals surface area contributed by atoms with Crippen molar-refractivity contribution in [2.75, 3.05) is 0 Å². The van der Waals surface area contributed by atoms with Crippen LogP contribution in [0.15, 0.2) is 94.5 Å². The van der Waals surface area contributed by atoms with E-state index in [1.807, 2.05) is 73.7 Å². The van der Waals surface area contributed by atoms with Crippen molar-refractivity contribution in [3.63, 3.8) is 0 Å². The van der Waals surface area contributed by atoms with Crippen LogP contribution in [0.5, 0.6) is 0 Å². The maximum atomic E-state index is 13.3. The van der Waals surface area contributed by atoms with Crippen molar-refractivity contribution in [1.29, 1.82) is 0 Å². The van der Waals surface area contributed by atoms with Crippen LogP contribution in [0.25, 0.3) is 28.0 Å². The van der Waals surface area contributed by atoms with Gasteiger partial charge in [0.25, 0.3) is 5.91 Å². The first-order valence-electron chi connectivity index (χ1n) is 10.8. The van der Waals surface area contributed by atoms with Crippen molar-refractivity contribution in [2.24, 2.45) is 5.10 Å². The van der Waals surface area contributed by atoms with Crippen molar-refractivity contribution >= 4 is 50.7 Å². The summed E-state index contributed by atoms with van der Waals surface area (Å²) in [4.78, 5) is 18.2. The van der Waals surface area contributed by atoms with Crippen molar-refractivity contribution in [3.05, 3.63) is 111 Å². The number of rotatable bonds is 5. The first-order valence-corrected chi connectivity index (χ1v) is 12.0. The smallest absolute Gasteiger partial charge is 0.267 e. The molecule has 0 unspecified atom stereocenters. The molecule has 6 nitrogen and oxygen atoms in total. The van der Waals surface area contributed by atoms with Gasteiger partial charge in [-0.15, -0.1) is 0 Å². The molecule has 8 heteroatoms. The summed E-state index contributed by atoms with van der Waals surface area (Å²) in [6.07, 6.45) is 1.60. The monoisotopic (exact) mass is 543 g/mol. The summed E-state index contributed by atoms with van der Waals surface area (Å²) in [7, 11) is 0. The number of carbonyl (C=O) groups excluding carboxylic acids is 1. The number of halogens is 2. The van der Waals surface area contributed by atoms with Gasteiger partial charge < -0.3 is 0 Å². The van der Waals surface area contributed by atoms with Gasteiger partial charge in [0.05, 0.1) is 34.2 Å². The number of hydrogen-bond acceptors (Lipinski definition) is 4. The Morgan fingerprint density at radius 3 is 2.46 bits per heavy atom. The minimum atomic E-state index is -0.350. The van der Waals surface area contributed by atoms with Crippen LogP contribution in [0.2, 0.25) is 5.02 Å². The number of amides is 1. The third-order valence-corrected chi connectivity index (χ3v) is 6.23. The largest absolute Gasteiger partial charge is 0.272 e. The Balaban J connectivity index is 1.61. The molecule has 0 bridgehead atoms. The number of hydrazone groups is 1. The zero-order valence-electron chi connectivity index (χ0n) is 18.6. The van der Waals surface area contributed by atoms with E-state index >= 15 is 0 Å². The predicted octanol–water partition coefficient (Wildman–Crippen LogP) is 6.58. The van der Waals surface area contributed by atoms with Crippen molar-refractivity contribution in [2.45, 2.75) is 6.92 Å². The number of aryl methyl sites for hydroxylation is 1. The molecule has 0 saturated carbocycles. The molecule has 0 aliphatic rings. The molecule has 0 saturated heterocycles. The Morgan fingerprint density at radius 2 is 1.74 bits per heavy atom. The zero-order chi connectivity index (χ0) is 24.4. The van der Waals surface area contributed by atoms with Gasteiger partial charge in [-0.25, -0.2) is 15.1 Å². The maximum absolute atomic E-state index is 13.3. The highest BCUT2D eigenvalue weighted by Crippen LogP contribution is 2.29. The van der Waals surface area contributed by atoms with E-state index in [0.717, 1.165) is 21.3 Å². The fraction of sp³-hybridized carbons (Fsp3) is 0.0370. The second-order valence-electron chi connectivity index (χ2n) is 7.84. The average Bonchev–Trinajstić information content (AvgIpc) is 3.22.